The van der Waals surface area contributed by atoms with Gasteiger partial charge in [0.25, 0.3) is 0 Å². The van der Waals surface area contributed by atoms with Crippen molar-refractivity contribution in [1.29, 1.82) is 0 Å². The van der Waals surface area contributed by atoms with Crippen LogP contribution in [-0.2, 0) is 6.54 Å². The van der Waals surface area contributed by atoms with Gasteiger partial charge in [-0.1, -0.05) is 30.3 Å². The maximum absolute atomic E-state index is 5.75. The van der Waals surface area contributed by atoms with Crippen molar-refractivity contribution in [2.75, 3.05) is 19.6 Å². The van der Waals surface area contributed by atoms with E-state index in [0.29, 0.717) is 18.5 Å². The fraction of sp³-hybridized carbons (Fsp3) is 0.316. The van der Waals surface area contributed by atoms with Crippen LogP contribution in [0.4, 0.5) is 0 Å². The normalized spacial score (nSPS) is 19.5. The van der Waals surface area contributed by atoms with Crippen LogP contribution in [0.25, 0.3) is 10.9 Å². The van der Waals surface area contributed by atoms with Crippen molar-refractivity contribution in [3.8, 4) is 0 Å². The van der Waals surface area contributed by atoms with Crippen molar-refractivity contribution in [3.63, 3.8) is 0 Å². The number of hydrogen-bond acceptors (Lipinski definition) is 4. The van der Waals surface area contributed by atoms with E-state index in [1.165, 1.54) is 11.1 Å². The molecule has 24 heavy (non-hydrogen) atoms. The van der Waals surface area contributed by atoms with Crippen LogP contribution >= 0.6 is 0 Å². The number of fused-ring (bicyclic) bond motifs is 1. The minimum Gasteiger partial charge on any atom is -0.326 e. The molecule has 1 aliphatic rings. The molecule has 5 nitrogen and oxygen atoms in total. The van der Waals surface area contributed by atoms with Gasteiger partial charge in [0.2, 0.25) is 0 Å². The molecule has 4 rings (SSSR count). The summed E-state index contributed by atoms with van der Waals surface area (Å²) in [4.78, 5) is 0. The lowest BCUT2D eigenvalue weighted by Gasteiger charge is -2.33. The molecule has 1 fully saturated rings. The molecule has 0 radical (unpaired) electrons. The molecule has 0 spiro atoms. The highest BCUT2D eigenvalue weighted by molar-refractivity contribution is 5.78. The fourth-order valence-corrected chi connectivity index (χ4v) is 3.58. The number of nitrogens with two attached hydrogens (primary N) is 1. The van der Waals surface area contributed by atoms with Gasteiger partial charge in [-0.05, 0) is 28.8 Å². The first-order chi connectivity index (χ1) is 11.8. The van der Waals surface area contributed by atoms with Gasteiger partial charge < -0.3 is 16.4 Å². The van der Waals surface area contributed by atoms with E-state index in [4.69, 9.17) is 5.73 Å². The molecule has 2 heterocycles. The summed E-state index contributed by atoms with van der Waals surface area (Å²) in [5.41, 5.74) is 10.6. The number of benzene rings is 2. The van der Waals surface area contributed by atoms with Gasteiger partial charge >= 0.3 is 0 Å². The lowest BCUT2D eigenvalue weighted by atomic mass is 9.83. The zero-order chi connectivity index (χ0) is 16.4. The summed E-state index contributed by atoms with van der Waals surface area (Å²) < 4.78 is 0. The number of H-pyrrole nitrogens is 1. The molecule has 1 saturated heterocycles. The lowest BCUT2D eigenvalue weighted by Crippen LogP contribution is -2.51. The monoisotopic (exact) mass is 321 g/mol. The first kappa shape index (κ1) is 15.3. The molecule has 1 aromatic heterocycles. The van der Waals surface area contributed by atoms with Crippen molar-refractivity contribution in [3.05, 3.63) is 65.4 Å². The summed E-state index contributed by atoms with van der Waals surface area (Å²) in [5, 5.41) is 15.5. The third kappa shape index (κ3) is 2.94. The van der Waals surface area contributed by atoms with Crippen molar-refractivity contribution >= 4 is 10.9 Å². The first-order valence-electron chi connectivity index (χ1n) is 8.51. The minimum atomic E-state index is 0.295. The average molecular weight is 321 g/mol. The quantitative estimate of drug-likeness (QED) is 0.590. The third-order valence-electron chi connectivity index (χ3n) is 4.87. The Balaban J connectivity index is 1.75. The molecule has 2 unspecified atom stereocenters. The number of piperazine rings is 1. The largest absolute Gasteiger partial charge is 0.326 e. The Morgan fingerprint density at radius 2 is 1.92 bits per heavy atom. The lowest BCUT2D eigenvalue weighted by molar-refractivity contribution is 0.389. The van der Waals surface area contributed by atoms with Crippen molar-refractivity contribution in [2.24, 2.45) is 5.73 Å². The van der Waals surface area contributed by atoms with Gasteiger partial charge in [0.1, 0.15) is 0 Å². The zero-order valence-corrected chi connectivity index (χ0v) is 13.6. The van der Waals surface area contributed by atoms with E-state index < -0.39 is 0 Å². The second kappa shape index (κ2) is 6.73. The van der Waals surface area contributed by atoms with Gasteiger partial charge in [-0.25, -0.2) is 0 Å². The molecule has 124 valence electrons. The van der Waals surface area contributed by atoms with Gasteiger partial charge in [-0.15, -0.1) is 0 Å². The Morgan fingerprint density at radius 1 is 1.08 bits per heavy atom. The van der Waals surface area contributed by atoms with Gasteiger partial charge in [-0.3, -0.25) is 5.10 Å². The smallest absolute Gasteiger partial charge is 0.0650 e. The predicted molar refractivity (Wildman–Crippen MR) is 96.9 cm³/mol. The van der Waals surface area contributed by atoms with Crippen molar-refractivity contribution in [2.45, 2.75) is 18.5 Å². The zero-order valence-electron chi connectivity index (χ0n) is 13.6. The van der Waals surface area contributed by atoms with Crippen LogP contribution in [0.3, 0.4) is 0 Å². The van der Waals surface area contributed by atoms with Gasteiger partial charge in [0.05, 0.1) is 11.7 Å². The van der Waals surface area contributed by atoms with Crippen LogP contribution in [0.1, 0.15) is 22.6 Å². The van der Waals surface area contributed by atoms with Crippen LogP contribution in [0.5, 0.6) is 0 Å². The number of aromatic amines is 1. The first-order valence-corrected chi connectivity index (χ1v) is 8.51. The summed E-state index contributed by atoms with van der Waals surface area (Å²) >= 11 is 0. The van der Waals surface area contributed by atoms with Crippen molar-refractivity contribution < 1.29 is 0 Å². The molecule has 2 atom stereocenters. The van der Waals surface area contributed by atoms with Gasteiger partial charge in [-0.2, -0.15) is 5.10 Å². The molecular weight excluding hydrogens is 298 g/mol. The Labute approximate surface area is 141 Å². The van der Waals surface area contributed by atoms with E-state index in [-0.39, 0.29) is 0 Å². The molecular formula is C19H23N5. The van der Waals surface area contributed by atoms with Crippen LogP contribution < -0.4 is 16.4 Å². The molecule has 0 aliphatic carbocycles. The summed E-state index contributed by atoms with van der Waals surface area (Å²) in [5.74, 6) is 0.295. The SMILES string of the molecule is NCc1ccc(C(c2ccc3[nH]ncc3c2)C2CNCCN2)cc1. The van der Waals surface area contributed by atoms with E-state index in [0.717, 1.165) is 36.1 Å². The summed E-state index contributed by atoms with van der Waals surface area (Å²) in [6.45, 7) is 3.56. The predicted octanol–water partition coefficient (Wildman–Crippen LogP) is 1.71. The maximum atomic E-state index is 5.75. The highest BCUT2D eigenvalue weighted by Gasteiger charge is 2.26. The molecule has 1 aliphatic heterocycles. The maximum Gasteiger partial charge on any atom is 0.0650 e. The summed E-state index contributed by atoms with van der Waals surface area (Å²) in [6.07, 6.45) is 1.89. The molecule has 5 N–H and O–H groups in total. The van der Waals surface area contributed by atoms with Crippen LogP contribution in [-0.4, -0.2) is 35.9 Å². The van der Waals surface area contributed by atoms with Gasteiger partial charge in [0.15, 0.2) is 0 Å². The molecule has 0 bridgehead atoms. The number of nitrogens with zero attached hydrogens (tertiary/aromatic N) is 1. The highest BCUT2D eigenvalue weighted by Crippen LogP contribution is 2.30. The fourth-order valence-electron chi connectivity index (χ4n) is 3.58. The number of nitrogens with one attached hydrogen (secondary N) is 3. The van der Waals surface area contributed by atoms with Crippen LogP contribution in [0.2, 0.25) is 0 Å². The molecule has 0 amide bonds. The van der Waals surface area contributed by atoms with E-state index in [2.05, 4.69) is 63.3 Å². The Morgan fingerprint density at radius 3 is 2.67 bits per heavy atom. The second-order valence-electron chi connectivity index (χ2n) is 6.40. The number of rotatable bonds is 4. The number of hydrogen-bond donors (Lipinski definition) is 4. The summed E-state index contributed by atoms with van der Waals surface area (Å²) in [7, 11) is 0. The average Bonchev–Trinajstić information content (AvgIpc) is 3.11. The minimum absolute atomic E-state index is 0.295. The van der Waals surface area contributed by atoms with Crippen LogP contribution in [0.15, 0.2) is 48.7 Å². The second-order valence-corrected chi connectivity index (χ2v) is 6.40. The Hall–Kier alpha value is -2.21. The Bertz CT molecular complexity index is 802. The molecule has 2 aromatic carbocycles. The van der Waals surface area contributed by atoms with Gasteiger partial charge in [0, 0.05) is 43.5 Å². The highest BCUT2D eigenvalue weighted by atomic mass is 15.1. The molecule has 0 saturated carbocycles. The third-order valence-corrected chi connectivity index (χ3v) is 4.87. The van der Waals surface area contributed by atoms with E-state index in [9.17, 15) is 0 Å². The van der Waals surface area contributed by atoms with E-state index in [1.54, 1.807) is 0 Å². The standard InChI is InChI=1S/C19H23N5/c20-10-13-1-3-14(4-2-13)19(18-12-21-7-8-22-18)15-5-6-17-16(9-15)11-23-24-17/h1-6,9,11,18-19,21-22H,7-8,10,12,20H2,(H,23,24). The molecule has 5 heteroatoms. The molecule has 3 aromatic rings. The summed E-state index contributed by atoms with van der Waals surface area (Å²) in [6, 6.07) is 15.6. The van der Waals surface area contributed by atoms with E-state index in [1.807, 2.05) is 6.20 Å². The van der Waals surface area contributed by atoms with E-state index >= 15 is 0 Å². The van der Waals surface area contributed by atoms with Crippen molar-refractivity contribution in [1.82, 2.24) is 20.8 Å². The topological polar surface area (TPSA) is 78.8 Å². The number of aromatic nitrogens is 2. The van der Waals surface area contributed by atoms with Crippen LogP contribution in [0, 0.1) is 0 Å². The Kier molecular flexibility index (Phi) is 4.30.